The fourth-order valence-corrected chi connectivity index (χ4v) is 2.33. The molecule has 6 heteroatoms. The second-order valence-electron chi connectivity index (χ2n) is 5.14. The van der Waals surface area contributed by atoms with Gasteiger partial charge in [0.1, 0.15) is 6.04 Å². The van der Waals surface area contributed by atoms with Gasteiger partial charge < -0.3 is 20.2 Å². The lowest BCUT2D eigenvalue weighted by Gasteiger charge is -2.29. The van der Waals surface area contributed by atoms with Crippen LogP contribution in [0.2, 0.25) is 0 Å². The number of aliphatic hydroxyl groups is 1. The number of hydrogen-bond donors (Lipinski definition) is 3. The van der Waals surface area contributed by atoms with Crippen LogP contribution >= 0.6 is 0 Å². The molecule has 0 saturated heterocycles. The Bertz CT molecular complexity index is 458. The average molecular weight is 280 g/mol. The molecule has 1 fully saturated rings. The molecule has 6 nitrogen and oxygen atoms in total. The van der Waals surface area contributed by atoms with E-state index < -0.39 is 18.1 Å². The lowest BCUT2D eigenvalue weighted by atomic mass is 9.92. The Morgan fingerprint density at radius 2 is 2.15 bits per heavy atom. The molecular weight excluding hydrogens is 260 g/mol. The van der Waals surface area contributed by atoms with Crippen LogP contribution in [0.5, 0.6) is 0 Å². The molecule has 1 unspecified atom stereocenters. The van der Waals surface area contributed by atoms with Gasteiger partial charge in [-0.2, -0.15) is 0 Å². The molecule has 0 aromatic carbocycles. The highest BCUT2D eigenvalue weighted by atomic mass is 16.3. The van der Waals surface area contributed by atoms with Crippen LogP contribution in [0, 0.1) is 0 Å². The highest BCUT2D eigenvalue weighted by molar-refractivity contribution is 5.95. The number of carbonyl (C=O) groups is 2. The van der Waals surface area contributed by atoms with Crippen molar-refractivity contribution in [2.75, 3.05) is 0 Å². The van der Waals surface area contributed by atoms with Crippen molar-refractivity contribution in [3.8, 4) is 0 Å². The van der Waals surface area contributed by atoms with Gasteiger partial charge in [-0.15, -0.1) is 0 Å². The monoisotopic (exact) mass is 280 g/mol. The van der Waals surface area contributed by atoms with Crippen molar-refractivity contribution in [3.63, 3.8) is 0 Å². The van der Waals surface area contributed by atoms with E-state index in [0.29, 0.717) is 6.42 Å². The van der Waals surface area contributed by atoms with Crippen LogP contribution in [0.25, 0.3) is 0 Å². The zero-order chi connectivity index (χ0) is 14.5. The van der Waals surface area contributed by atoms with E-state index in [1.54, 1.807) is 13.0 Å². The molecule has 0 radical (unpaired) electrons. The van der Waals surface area contributed by atoms with Crippen molar-refractivity contribution in [3.05, 3.63) is 24.2 Å². The standard InChI is InChI=1S/C14H20N2O4/c1-9(15-14(19)12-7-4-8-20-12)13(18)16-10-5-2-3-6-11(10)17/h4,7-11,17H,2-3,5-6H2,1H3,(H,15,19)(H,16,18)/t9?,10-,11-/m0/s1. The molecular formula is C14H20N2O4. The van der Waals surface area contributed by atoms with Gasteiger partial charge in [0.25, 0.3) is 5.91 Å². The minimum atomic E-state index is -0.679. The fourth-order valence-electron chi connectivity index (χ4n) is 2.33. The van der Waals surface area contributed by atoms with E-state index in [0.717, 1.165) is 19.3 Å². The van der Waals surface area contributed by atoms with Crippen LogP contribution in [-0.2, 0) is 4.79 Å². The number of carbonyl (C=O) groups excluding carboxylic acids is 2. The van der Waals surface area contributed by atoms with Gasteiger partial charge in [-0.25, -0.2) is 0 Å². The first-order valence-electron chi connectivity index (χ1n) is 6.90. The SMILES string of the molecule is CC(NC(=O)c1ccco1)C(=O)N[C@H]1CCCC[C@@H]1O. The number of hydrogen-bond acceptors (Lipinski definition) is 4. The lowest BCUT2D eigenvalue weighted by molar-refractivity contribution is -0.124. The summed E-state index contributed by atoms with van der Waals surface area (Å²) in [6.45, 7) is 1.60. The van der Waals surface area contributed by atoms with Crippen molar-refractivity contribution in [1.82, 2.24) is 10.6 Å². The Morgan fingerprint density at radius 1 is 1.40 bits per heavy atom. The molecule has 0 aliphatic heterocycles. The summed E-state index contributed by atoms with van der Waals surface area (Å²) in [5.41, 5.74) is 0. The zero-order valence-corrected chi connectivity index (χ0v) is 11.5. The summed E-state index contributed by atoms with van der Waals surface area (Å²) in [4.78, 5) is 23.7. The molecule has 1 aromatic rings. The van der Waals surface area contributed by atoms with Crippen molar-refractivity contribution < 1.29 is 19.1 Å². The summed E-state index contributed by atoms with van der Waals surface area (Å²) in [5.74, 6) is -0.556. The largest absolute Gasteiger partial charge is 0.459 e. The summed E-state index contributed by atoms with van der Waals surface area (Å²) in [5, 5.41) is 15.2. The number of nitrogens with one attached hydrogen (secondary N) is 2. The predicted molar refractivity (Wildman–Crippen MR) is 72.0 cm³/mol. The molecule has 0 bridgehead atoms. The van der Waals surface area contributed by atoms with Crippen LogP contribution in [0.15, 0.2) is 22.8 Å². The van der Waals surface area contributed by atoms with Gasteiger partial charge >= 0.3 is 0 Å². The summed E-state index contributed by atoms with van der Waals surface area (Å²) in [6, 6.07) is 2.24. The minimum Gasteiger partial charge on any atom is -0.459 e. The maximum atomic E-state index is 12.0. The molecule has 20 heavy (non-hydrogen) atoms. The van der Waals surface area contributed by atoms with Gasteiger partial charge in [-0.3, -0.25) is 9.59 Å². The molecule has 2 rings (SSSR count). The average Bonchev–Trinajstić information content (AvgIpc) is 2.95. The van der Waals surface area contributed by atoms with Gasteiger partial charge in [0.2, 0.25) is 5.91 Å². The molecule has 1 aromatic heterocycles. The minimum absolute atomic E-state index is 0.169. The first kappa shape index (κ1) is 14.6. The topological polar surface area (TPSA) is 91.6 Å². The maximum absolute atomic E-state index is 12.0. The van der Waals surface area contributed by atoms with E-state index in [1.165, 1.54) is 12.3 Å². The van der Waals surface area contributed by atoms with E-state index in [4.69, 9.17) is 4.42 Å². The lowest BCUT2D eigenvalue weighted by Crippen LogP contribution is -2.52. The van der Waals surface area contributed by atoms with Crippen LogP contribution in [0.3, 0.4) is 0 Å². The third kappa shape index (κ3) is 3.60. The summed E-state index contributed by atoms with van der Waals surface area (Å²) in [7, 11) is 0. The Labute approximate surface area is 117 Å². The second kappa shape index (κ2) is 6.56. The molecule has 3 N–H and O–H groups in total. The normalized spacial score (nSPS) is 23.9. The molecule has 1 saturated carbocycles. The molecule has 2 amide bonds. The Balaban J connectivity index is 1.84. The van der Waals surface area contributed by atoms with Crippen molar-refractivity contribution in [2.45, 2.75) is 50.8 Å². The number of amides is 2. The van der Waals surface area contributed by atoms with Gasteiger partial charge in [0.15, 0.2) is 5.76 Å². The van der Waals surface area contributed by atoms with Gasteiger partial charge in [0.05, 0.1) is 18.4 Å². The second-order valence-corrected chi connectivity index (χ2v) is 5.14. The highest BCUT2D eigenvalue weighted by Gasteiger charge is 2.27. The van der Waals surface area contributed by atoms with Gasteiger partial charge in [0, 0.05) is 0 Å². The van der Waals surface area contributed by atoms with Crippen LogP contribution in [0.1, 0.15) is 43.2 Å². The fraction of sp³-hybridized carbons (Fsp3) is 0.571. The maximum Gasteiger partial charge on any atom is 0.287 e. The summed E-state index contributed by atoms with van der Waals surface area (Å²) < 4.78 is 4.96. The molecule has 1 aliphatic carbocycles. The van der Waals surface area contributed by atoms with E-state index >= 15 is 0 Å². The molecule has 1 heterocycles. The summed E-state index contributed by atoms with van der Waals surface area (Å²) in [6.07, 6.45) is 4.36. The molecule has 110 valence electrons. The number of furan rings is 1. The van der Waals surface area contributed by atoms with Crippen molar-refractivity contribution in [2.24, 2.45) is 0 Å². The van der Waals surface area contributed by atoms with E-state index in [2.05, 4.69) is 10.6 Å². The number of rotatable bonds is 4. The van der Waals surface area contributed by atoms with E-state index in [9.17, 15) is 14.7 Å². The van der Waals surface area contributed by atoms with Gasteiger partial charge in [-0.05, 0) is 31.9 Å². The van der Waals surface area contributed by atoms with Crippen LogP contribution in [-0.4, -0.2) is 35.1 Å². The molecule has 3 atom stereocenters. The van der Waals surface area contributed by atoms with Crippen LogP contribution in [0.4, 0.5) is 0 Å². The van der Waals surface area contributed by atoms with Crippen molar-refractivity contribution in [1.29, 1.82) is 0 Å². The zero-order valence-electron chi connectivity index (χ0n) is 11.5. The quantitative estimate of drug-likeness (QED) is 0.761. The third-order valence-corrected chi connectivity index (χ3v) is 3.54. The highest BCUT2D eigenvalue weighted by Crippen LogP contribution is 2.18. The van der Waals surface area contributed by atoms with E-state index in [-0.39, 0.29) is 17.7 Å². The first-order chi connectivity index (χ1) is 9.58. The third-order valence-electron chi connectivity index (χ3n) is 3.54. The smallest absolute Gasteiger partial charge is 0.287 e. The first-order valence-corrected chi connectivity index (χ1v) is 6.90. The molecule has 0 spiro atoms. The Morgan fingerprint density at radius 3 is 2.80 bits per heavy atom. The Kier molecular flexibility index (Phi) is 4.79. The van der Waals surface area contributed by atoms with E-state index in [1.807, 2.05) is 0 Å². The predicted octanol–water partition coefficient (Wildman–Crippen LogP) is 0.818. The Hall–Kier alpha value is -1.82. The number of aliphatic hydroxyl groups excluding tert-OH is 1. The summed E-state index contributed by atoms with van der Waals surface area (Å²) >= 11 is 0. The van der Waals surface area contributed by atoms with Crippen LogP contribution < -0.4 is 10.6 Å². The van der Waals surface area contributed by atoms with Gasteiger partial charge in [-0.1, -0.05) is 12.8 Å². The van der Waals surface area contributed by atoms with Crippen molar-refractivity contribution >= 4 is 11.8 Å². The molecule has 1 aliphatic rings.